The van der Waals surface area contributed by atoms with E-state index < -0.39 is 0 Å². The Balaban J connectivity index is 2.27. The van der Waals surface area contributed by atoms with Gasteiger partial charge in [-0.3, -0.25) is 0 Å². The summed E-state index contributed by atoms with van der Waals surface area (Å²) >= 11 is 0. The molecular formula is C38H68N6O16. The number of benzene rings is 1. The van der Waals surface area contributed by atoms with Gasteiger partial charge in [-0.2, -0.15) is 0 Å². The molecule has 1 aromatic carbocycles. The summed E-state index contributed by atoms with van der Waals surface area (Å²) in [5.41, 5.74) is 16.4. The second-order valence-electron chi connectivity index (χ2n) is 11.6. The summed E-state index contributed by atoms with van der Waals surface area (Å²) in [5, 5.41) is 6.78. The lowest BCUT2D eigenvalue weighted by molar-refractivity contribution is -0.0119. The highest BCUT2D eigenvalue weighted by molar-refractivity contribution is 5.42. The van der Waals surface area contributed by atoms with Gasteiger partial charge in [-0.1, -0.05) is 10.2 Å². The maximum absolute atomic E-state index is 8.22. The lowest BCUT2D eigenvalue weighted by atomic mass is 10.3. The Morgan fingerprint density at radius 3 is 0.733 bits per heavy atom. The van der Waals surface area contributed by atoms with Crippen LogP contribution in [0.2, 0.25) is 0 Å². The first-order chi connectivity index (χ1) is 29.8. The zero-order chi connectivity index (χ0) is 42.9. The smallest absolute Gasteiger partial charge is 0.126 e. The van der Waals surface area contributed by atoms with Crippen LogP contribution in [0.1, 0.15) is 6.92 Å². The van der Waals surface area contributed by atoms with Crippen LogP contribution in [0.15, 0.2) is 28.4 Å². The Labute approximate surface area is 353 Å². The molecule has 0 bridgehead atoms. The molecule has 0 aliphatic rings. The predicted octanol–water partition coefficient (Wildman–Crippen LogP) is 3.68. The number of hydrogen-bond donors (Lipinski definition) is 0. The van der Waals surface area contributed by atoms with Crippen LogP contribution in [0.25, 0.3) is 20.9 Å². The molecule has 1 aromatic rings. The van der Waals surface area contributed by atoms with E-state index in [0.717, 1.165) is 0 Å². The van der Waals surface area contributed by atoms with E-state index in [1.807, 2.05) is 6.92 Å². The van der Waals surface area contributed by atoms with Crippen molar-refractivity contribution in [3.8, 4) is 17.2 Å². The van der Waals surface area contributed by atoms with E-state index >= 15 is 0 Å². The molecule has 0 heterocycles. The van der Waals surface area contributed by atoms with Gasteiger partial charge in [0.1, 0.15) is 37.1 Å². The van der Waals surface area contributed by atoms with Gasteiger partial charge in [0.2, 0.25) is 0 Å². The lowest BCUT2D eigenvalue weighted by Gasteiger charge is -2.14. The molecule has 22 heteroatoms. The molecule has 0 amide bonds. The van der Waals surface area contributed by atoms with Crippen LogP contribution in [0.3, 0.4) is 0 Å². The quantitative estimate of drug-likeness (QED) is 0.0392. The van der Waals surface area contributed by atoms with Crippen molar-refractivity contribution in [3.05, 3.63) is 39.1 Å². The first-order valence-corrected chi connectivity index (χ1v) is 20.4. The molecule has 346 valence electrons. The van der Waals surface area contributed by atoms with Gasteiger partial charge >= 0.3 is 0 Å². The number of nitrogens with zero attached hydrogens (tertiary/aromatic N) is 6. The van der Waals surface area contributed by atoms with Gasteiger partial charge in [0.05, 0.1) is 165 Å². The van der Waals surface area contributed by atoms with Crippen molar-refractivity contribution < 1.29 is 75.8 Å². The summed E-state index contributed by atoms with van der Waals surface area (Å²) in [6, 6.07) is 5.35. The van der Waals surface area contributed by atoms with Crippen LogP contribution in [-0.2, 0) is 61.6 Å². The average molecular weight is 865 g/mol. The maximum Gasteiger partial charge on any atom is 0.126 e. The van der Waals surface area contributed by atoms with Gasteiger partial charge in [-0.05, 0) is 18.0 Å². The molecule has 60 heavy (non-hydrogen) atoms. The molecule has 0 radical (unpaired) electrons. The minimum absolute atomic E-state index is 0.302. The topological polar surface area (TPSA) is 245 Å². The first-order valence-electron chi connectivity index (χ1n) is 20.4. The van der Waals surface area contributed by atoms with E-state index in [9.17, 15) is 0 Å². The second kappa shape index (κ2) is 46.8. The van der Waals surface area contributed by atoms with Crippen LogP contribution in [0.4, 0.5) is 0 Å². The van der Waals surface area contributed by atoms with Crippen LogP contribution >= 0.6 is 0 Å². The van der Waals surface area contributed by atoms with Crippen molar-refractivity contribution in [1.29, 1.82) is 0 Å². The monoisotopic (exact) mass is 864 g/mol. The predicted molar refractivity (Wildman–Crippen MR) is 217 cm³/mol. The van der Waals surface area contributed by atoms with E-state index in [0.29, 0.717) is 222 Å². The lowest BCUT2D eigenvalue weighted by Crippen LogP contribution is -2.15. The van der Waals surface area contributed by atoms with Crippen LogP contribution < -0.4 is 14.2 Å². The van der Waals surface area contributed by atoms with Gasteiger partial charge in [0.15, 0.2) is 0 Å². The minimum Gasteiger partial charge on any atom is -0.491 e. The number of ether oxygens (including phenoxy) is 16. The Kier molecular flexibility index (Phi) is 42.7. The molecular weight excluding hydrogens is 796 g/mol. The van der Waals surface area contributed by atoms with Crippen molar-refractivity contribution in [2.24, 2.45) is 10.2 Å². The minimum atomic E-state index is 0.302. The highest BCUT2D eigenvalue weighted by Crippen LogP contribution is 2.28. The Bertz CT molecular complexity index is 1100. The summed E-state index contributed by atoms with van der Waals surface area (Å²) in [5.74, 6) is 1.69. The Morgan fingerprint density at radius 2 is 0.517 bits per heavy atom. The molecule has 0 atom stereocenters. The van der Waals surface area contributed by atoms with Crippen LogP contribution in [0.5, 0.6) is 17.2 Å². The summed E-state index contributed by atoms with van der Waals surface area (Å²) in [6.45, 7) is 15.1. The fourth-order valence-electron chi connectivity index (χ4n) is 4.30. The van der Waals surface area contributed by atoms with Gasteiger partial charge in [-0.15, -0.1) is 0 Å². The average Bonchev–Trinajstić information content (AvgIpc) is 3.26. The molecule has 0 aromatic heterocycles. The molecule has 1 rings (SSSR count). The second-order valence-corrected chi connectivity index (χ2v) is 11.6. The van der Waals surface area contributed by atoms with Gasteiger partial charge < -0.3 is 75.8 Å². The number of hydrogen-bond acceptors (Lipinski definition) is 18. The molecule has 0 fully saturated rings. The first kappa shape index (κ1) is 54.7. The standard InChI is InChI=1S/C38H68N6O16/c1-2-45-7-8-48-13-14-51-19-20-54-23-26-57-29-32-60-38-34-36(58-30-27-55-24-21-52-17-15-49-11-9-46-5-3-41-43-39)33-37(35-38)59-31-28-56-25-22-53-18-16-50-12-10-47-6-4-42-44-40/h33-35H,2-32H2,1H3. The molecule has 0 saturated carbocycles. The summed E-state index contributed by atoms with van der Waals surface area (Å²) in [7, 11) is 0. The maximum atomic E-state index is 8.22. The van der Waals surface area contributed by atoms with Crippen molar-refractivity contribution >= 4 is 0 Å². The molecule has 0 saturated heterocycles. The van der Waals surface area contributed by atoms with Crippen LogP contribution in [-0.4, -0.2) is 205 Å². The van der Waals surface area contributed by atoms with E-state index in [4.69, 9.17) is 86.9 Å². The van der Waals surface area contributed by atoms with Gasteiger partial charge in [0.25, 0.3) is 0 Å². The molecule has 0 aliphatic heterocycles. The molecule has 0 N–H and O–H groups in total. The van der Waals surface area contributed by atoms with Gasteiger partial charge in [0, 0.05) is 47.7 Å². The van der Waals surface area contributed by atoms with Crippen molar-refractivity contribution in [1.82, 2.24) is 0 Å². The van der Waals surface area contributed by atoms with Crippen LogP contribution in [0, 0.1) is 0 Å². The van der Waals surface area contributed by atoms with E-state index in [2.05, 4.69) is 20.1 Å². The summed E-state index contributed by atoms with van der Waals surface area (Å²) < 4.78 is 88.8. The molecule has 0 unspecified atom stereocenters. The summed E-state index contributed by atoms with van der Waals surface area (Å²) in [6.07, 6.45) is 0. The van der Waals surface area contributed by atoms with Crippen molar-refractivity contribution in [2.75, 3.05) is 205 Å². The third-order valence-electron chi connectivity index (χ3n) is 7.06. The zero-order valence-electron chi connectivity index (χ0n) is 35.4. The van der Waals surface area contributed by atoms with Gasteiger partial charge in [-0.25, -0.2) is 0 Å². The van der Waals surface area contributed by atoms with Crippen molar-refractivity contribution in [3.63, 3.8) is 0 Å². The van der Waals surface area contributed by atoms with E-state index in [-0.39, 0.29) is 0 Å². The molecule has 0 aliphatic carbocycles. The highest BCUT2D eigenvalue weighted by Gasteiger charge is 2.06. The van der Waals surface area contributed by atoms with E-state index in [1.54, 1.807) is 18.2 Å². The SMILES string of the molecule is CCOCCOCCOCCOCCOCCOc1cc(OCCOCCOCCOCCOCCN=[N+]=[N-])cc(OCCOCCOCCOCCOCCN=[N+]=[N-])c1. The van der Waals surface area contributed by atoms with E-state index in [1.165, 1.54) is 0 Å². The molecule has 0 spiro atoms. The number of azide groups is 2. The summed E-state index contributed by atoms with van der Waals surface area (Å²) in [4.78, 5) is 5.32. The molecule has 22 nitrogen and oxygen atoms in total. The third-order valence-corrected chi connectivity index (χ3v) is 7.06. The van der Waals surface area contributed by atoms with Crippen molar-refractivity contribution in [2.45, 2.75) is 6.92 Å². The Morgan fingerprint density at radius 1 is 0.317 bits per heavy atom. The number of rotatable bonds is 49. The Hall–Kier alpha value is -3.28. The highest BCUT2D eigenvalue weighted by atomic mass is 16.6. The normalized spacial score (nSPS) is 11.0. The fourth-order valence-corrected chi connectivity index (χ4v) is 4.30. The fraction of sp³-hybridized carbons (Fsp3) is 0.842. The largest absolute Gasteiger partial charge is 0.491 e. The third kappa shape index (κ3) is 40.1. The zero-order valence-corrected chi connectivity index (χ0v) is 35.4.